The van der Waals surface area contributed by atoms with Gasteiger partial charge in [0.1, 0.15) is 34.4 Å². The molecular weight excluding hydrogens is 697 g/mol. The number of hydrogen-bond donors (Lipinski definition) is 0. The molecule has 0 aliphatic carbocycles. The van der Waals surface area contributed by atoms with Gasteiger partial charge in [-0.25, -0.2) is 15.0 Å². The Morgan fingerprint density at radius 1 is 0.527 bits per heavy atom. The van der Waals surface area contributed by atoms with Crippen LogP contribution in [0.1, 0.15) is 11.1 Å². The maximum atomic E-state index is 11.6. The summed E-state index contributed by atoms with van der Waals surface area (Å²) in [7, 11) is 6.52. The molecule has 12 heteroatoms. The monoisotopic (exact) mass is 732 g/mol. The van der Waals surface area contributed by atoms with E-state index < -0.39 is 4.92 Å². The minimum Gasteiger partial charge on any atom is -0.497 e. The van der Waals surface area contributed by atoms with Crippen LogP contribution >= 0.6 is 0 Å². The van der Waals surface area contributed by atoms with Crippen molar-refractivity contribution in [3.8, 4) is 57.2 Å². The van der Waals surface area contributed by atoms with E-state index in [2.05, 4.69) is 9.13 Å². The van der Waals surface area contributed by atoms with E-state index in [4.69, 9.17) is 33.9 Å². The smallest absolute Gasteiger partial charge is 0.269 e. The first-order valence-corrected chi connectivity index (χ1v) is 17.5. The number of imidazole rings is 2. The van der Waals surface area contributed by atoms with Crippen LogP contribution in [0, 0.1) is 10.1 Å². The second kappa shape index (κ2) is 14.7. The topological polar surface area (TPSA) is 129 Å². The highest BCUT2D eigenvalue weighted by Gasteiger charge is 2.21. The number of ether oxygens (including phenoxy) is 4. The quantitative estimate of drug-likeness (QED) is 0.0894. The minimum absolute atomic E-state index is 0.00396. The van der Waals surface area contributed by atoms with Crippen molar-refractivity contribution < 1.29 is 23.9 Å². The van der Waals surface area contributed by atoms with Crippen LogP contribution in [0.25, 0.3) is 56.2 Å². The fourth-order valence-corrected chi connectivity index (χ4v) is 6.84. The number of non-ortho nitro benzene ring substituents is 1. The number of aromatic nitrogens is 5. The zero-order chi connectivity index (χ0) is 38.1. The third-order valence-electron chi connectivity index (χ3n) is 9.51. The van der Waals surface area contributed by atoms with Crippen molar-refractivity contribution in [1.29, 1.82) is 0 Å². The van der Waals surface area contributed by atoms with Gasteiger partial charge in [-0.15, -0.1) is 0 Å². The lowest BCUT2D eigenvalue weighted by molar-refractivity contribution is -0.384. The van der Waals surface area contributed by atoms with Gasteiger partial charge in [0.05, 0.1) is 55.4 Å². The Labute approximate surface area is 316 Å². The van der Waals surface area contributed by atoms with Crippen molar-refractivity contribution in [2.45, 2.75) is 13.1 Å². The molecular formula is C43H36N6O6. The number of rotatable bonds is 12. The fourth-order valence-electron chi connectivity index (χ4n) is 6.84. The van der Waals surface area contributed by atoms with E-state index >= 15 is 0 Å². The summed E-state index contributed by atoms with van der Waals surface area (Å²) in [5.74, 6) is 3.96. The van der Waals surface area contributed by atoms with Gasteiger partial charge in [-0.1, -0.05) is 24.3 Å². The Kier molecular flexibility index (Phi) is 9.29. The average molecular weight is 733 g/mol. The first-order chi connectivity index (χ1) is 26.8. The molecule has 8 aromatic rings. The van der Waals surface area contributed by atoms with Crippen molar-refractivity contribution >= 4 is 27.8 Å². The highest BCUT2D eigenvalue weighted by Crippen LogP contribution is 2.35. The number of methoxy groups -OCH3 is 4. The third kappa shape index (κ3) is 6.88. The van der Waals surface area contributed by atoms with Crippen LogP contribution in [0.3, 0.4) is 0 Å². The van der Waals surface area contributed by atoms with Crippen molar-refractivity contribution in [1.82, 2.24) is 24.1 Å². The summed E-state index contributed by atoms with van der Waals surface area (Å²) >= 11 is 0. The first-order valence-electron chi connectivity index (χ1n) is 17.5. The predicted molar refractivity (Wildman–Crippen MR) is 211 cm³/mol. The molecule has 3 heterocycles. The molecule has 0 amide bonds. The highest BCUT2D eigenvalue weighted by molar-refractivity contribution is 5.84. The molecule has 8 rings (SSSR count). The van der Waals surface area contributed by atoms with Crippen LogP contribution in [0.5, 0.6) is 23.0 Å². The normalized spacial score (nSPS) is 11.2. The van der Waals surface area contributed by atoms with Gasteiger partial charge in [0.15, 0.2) is 11.6 Å². The van der Waals surface area contributed by atoms with Gasteiger partial charge in [-0.3, -0.25) is 10.1 Å². The van der Waals surface area contributed by atoms with Gasteiger partial charge < -0.3 is 28.1 Å². The van der Waals surface area contributed by atoms with Crippen molar-refractivity contribution in [2.24, 2.45) is 0 Å². The molecule has 55 heavy (non-hydrogen) atoms. The van der Waals surface area contributed by atoms with Gasteiger partial charge >= 0.3 is 0 Å². The van der Waals surface area contributed by atoms with Crippen LogP contribution in [0.15, 0.2) is 121 Å². The summed E-state index contributed by atoms with van der Waals surface area (Å²) in [6, 6.07) is 37.9. The van der Waals surface area contributed by atoms with E-state index in [1.807, 2.05) is 97.1 Å². The van der Waals surface area contributed by atoms with Crippen LogP contribution in [-0.2, 0) is 13.1 Å². The number of para-hydroxylation sites is 4. The first kappa shape index (κ1) is 34.9. The number of benzene rings is 5. The molecule has 0 saturated carbocycles. The Bertz CT molecular complexity index is 2500. The lowest BCUT2D eigenvalue weighted by atomic mass is 10.0. The molecule has 3 aromatic heterocycles. The maximum absolute atomic E-state index is 11.6. The number of pyridine rings is 1. The molecule has 274 valence electrons. The van der Waals surface area contributed by atoms with Crippen LogP contribution in [-0.4, -0.2) is 57.4 Å². The van der Waals surface area contributed by atoms with Gasteiger partial charge in [-0.05, 0) is 95.1 Å². The number of nitrogens with zero attached hydrogens (tertiary/aromatic N) is 6. The Balaban J connectivity index is 1.35. The van der Waals surface area contributed by atoms with E-state index in [0.717, 1.165) is 44.3 Å². The standard InChI is InChI=1S/C43H36N6O6/c1-52-32-17-27(18-33(23-32)53-2)25-47-40-11-7-5-9-36(40)45-42(47)38-21-30(29-13-15-31(16-14-29)49(50)51)22-39(44-38)43-46-37-10-6-8-12-41(37)48(43)26-28-19-34(54-3)24-35(20-28)55-4/h5-24H,25-26H2,1-4H3. The summed E-state index contributed by atoms with van der Waals surface area (Å²) in [4.78, 5) is 26.7. The van der Waals surface area contributed by atoms with E-state index in [-0.39, 0.29) is 5.69 Å². The summed E-state index contributed by atoms with van der Waals surface area (Å²) < 4.78 is 26.6. The van der Waals surface area contributed by atoms with Crippen LogP contribution in [0.2, 0.25) is 0 Å². The lowest BCUT2D eigenvalue weighted by Crippen LogP contribution is -2.06. The van der Waals surface area contributed by atoms with Crippen LogP contribution in [0.4, 0.5) is 5.69 Å². The summed E-state index contributed by atoms with van der Waals surface area (Å²) in [5, 5.41) is 11.6. The summed E-state index contributed by atoms with van der Waals surface area (Å²) in [6.07, 6.45) is 0. The molecule has 0 N–H and O–H groups in total. The molecule has 0 radical (unpaired) electrons. The zero-order valence-corrected chi connectivity index (χ0v) is 30.6. The molecule has 5 aromatic carbocycles. The molecule has 0 bridgehead atoms. The minimum atomic E-state index is -0.404. The Hall–Kier alpha value is -7.21. The van der Waals surface area contributed by atoms with Gasteiger partial charge in [0, 0.05) is 37.4 Å². The Morgan fingerprint density at radius 2 is 0.945 bits per heavy atom. The Morgan fingerprint density at radius 3 is 1.35 bits per heavy atom. The van der Waals surface area contributed by atoms with E-state index in [0.29, 0.717) is 59.1 Å². The SMILES string of the molecule is COc1cc(Cn2c(-c3cc(-c4ccc([N+](=O)[O-])cc4)cc(-c4nc5ccccc5n4Cc4cc(OC)cc(OC)c4)n3)nc3ccccc32)cc(OC)c1. The molecule has 0 atom stereocenters. The second-order valence-corrected chi connectivity index (χ2v) is 12.9. The molecule has 0 fully saturated rings. The average Bonchev–Trinajstić information content (AvgIpc) is 3.78. The van der Waals surface area contributed by atoms with Crippen molar-refractivity contribution in [3.63, 3.8) is 0 Å². The summed E-state index contributed by atoms with van der Waals surface area (Å²) in [6.45, 7) is 0.886. The largest absolute Gasteiger partial charge is 0.497 e. The number of hydrogen-bond acceptors (Lipinski definition) is 9. The highest BCUT2D eigenvalue weighted by atomic mass is 16.6. The summed E-state index contributed by atoms with van der Waals surface area (Å²) in [5.41, 5.74) is 8.10. The number of fused-ring (bicyclic) bond motifs is 2. The van der Waals surface area contributed by atoms with Gasteiger partial charge in [0.25, 0.3) is 5.69 Å². The number of nitro groups is 1. The predicted octanol–water partition coefficient (Wildman–Crippen LogP) is 8.82. The molecule has 0 unspecified atom stereocenters. The van der Waals surface area contributed by atoms with Gasteiger partial charge in [-0.2, -0.15) is 0 Å². The van der Waals surface area contributed by atoms with Crippen molar-refractivity contribution in [2.75, 3.05) is 28.4 Å². The molecule has 0 spiro atoms. The second-order valence-electron chi connectivity index (χ2n) is 12.9. The molecule has 0 aliphatic heterocycles. The van der Waals surface area contributed by atoms with Crippen LogP contribution < -0.4 is 18.9 Å². The lowest BCUT2D eigenvalue weighted by Gasteiger charge is -2.15. The molecule has 0 aliphatic rings. The zero-order valence-electron chi connectivity index (χ0n) is 30.6. The van der Waals surface area contributed by atoms with E-state index in [1.54, 1.807) is 40.6 Å². The van der Waals surface area contributed by atoms with Gasteiger partial charge in [0.2, 0.25) is 0 Å². The molecule has 12 nitrogen and oxygen atoms in total. The van der Waals surface area contributed by atoms with E-state index in [1.165, 1.54) is 12.1 Å². The number of nitro benzene ring substituents is 1. The van der Waals surface area contributed by atoms with E-state index in [9.17, 15) is 10.1 Å². The fraction of sp³-hybridized carbons (Fsp3) is 0.140. The maximum Gasteiger partial charge on any atom is 0.269 e. The molecule has 0 saturated heterocycles. The third-order valence-corrected chi connectivity index (χ3v) is 9.51. The van der Waals surface area contributed by atoms with Crippen molar-refractivity contribution in [3.05, 3.63) is 143 Å².